The monoisotopic (exact) mass is 389 g/mol. The van der Waals surface area contributed by atoms with E-state index in [0.29, 0.717) is 46.5 Å². The standard InChI is InChI=1S/C21H27NO6/c1-12-14(8-9-16(24)21(2,3)26)22-18-17(19(12)25)15(27-4)11-13(7-6-10-23)20(18)28-5/h8-9,11,23,26H,6-7,10H2,1-5H3,(H,22,25). The molecule has 1 heterocycles. The Labute approximate surface area is 163 Å². The molecule has 0 atom stereocenters. The molecule has 0 fully saturated rings. The largest absolute Gasteiger partial charge is 0.496 e. The number of H-pyrrole nitrogens is 1. The summed E-state index contributed by atoms with van der Waals surface area (Å²) in [4.78, 5) is 28.2. The second-order valence-corrected chi connectivity index (χ2v) is 7.10. The zero-order valence-electron chi connectivity index (χ0n) is 16.9. The second kappa shape index (κ2) is 8.58. The normalized spacial score (nSPS) is 12.0. The van der Waals surface area contributed by atoms with E-state index < -0.39 is 11.4 Å². The van der Waals surface area contributed by atoms with Crippen LogP contribution in [0.25, 0.3) is 17.0 Å². The smallest absolute Gasteiger partial charge is 0.196 e. The van der Waals surface area contributed by atoms with Gasteiger partial charge in [0.15, 0.2) is 11.2 Å². The Morgan fingerprint density at radius 1 is 1.29 bits per heavy atom. The van der Waals surface area contributed by atoms with Crippen molar-refractivity contribution < 1.29 is 24.5 Å². The first-order valence-electron chi connectivity index (χ1n) is 9.01. The number of aliphatic hydroxyl groups is 2. The Morgan fingerprint density at radius 3 is 2.50 bits per heavy atom. The van der Waals surface area contributed by atoms with Gasteiger partial charge in [-0.05, 0) is 51.8 Å². The number of ketones is 1. The van der Waals surface area contributed by atoms with Crippen molar-refractivity contribution in [2.24, 2.45) is 0 Å². The first kappa shape index (κ1) is 21.7. The fourth-order valence-corrected chi connectivity index (χ4v) is 2.96. The second-order valence-electron chi connectivity index (χ2n) is 7.10. The van der Waals surface area contributed by atoms with Crippen molar-refractivity contribution in [2.45, 2.75) is 39.2 Å². The van der Waals surface area contributed by atoms with E-state index in [4.69, 9.17) is 14.6 Å². The molecule has 0 bridgehead atoms. The first-order valence-corrected chi connectivity index (χ1v) is 9.01. The van der Waals surface area contributed by atoms with Gasteiger partial charge in [0.2, 0.25) is 0 Å². The summed E-state index contributed by atoms with van der Waals surface area (Å²) in [6, 6.07) is 1.75. The molecule has 0 aliphatic carbocycles. The summed E-state index contributed by atoms with van der Waals surface area (Å²) >= 11 is 0. The lowest BCUT2D eigenvalue weighted by Crippen LogP contribution is -2.29. The number of aliphatic hydroxyl groups excluding tert-OH is 1. The van der Waals surface area contributed by atoms with E-state index in [1.54, 1.807) is 13.0 Å². The molecular weight excluding hydrogens is 362 g/mol. The number of aryl methyl sites for hydroxylation is 1. The van der Waals surface area contributed by atoms with Gasteiger partial charge in [-0.15, -0.1) is 0 Å². The van der Waals surface area contributed by atoms with Gasteiger partial charge in [-0.3, -0.25) is 9.59 Å². The molecule has 0 radical (unpaired) electrons. The van der Waals surface area contributed by atoms with Gasteiger partial charge < -0.3 is 24.7 Å². The molecular formula is C21H27NO6. The van der Waals surface area contributed by atoms with Crippen molar-refractivity contribution in [1.82, 2.24) is 4.98 Å². The van der Waals surface area contributed by atoms with Crippen LogP contribution in [0.15, 0.2) is 16.9 Å². The van der Waals surface area contributed by atoms with Crippen LogP contribution in [0.5, 0.6) is 11.5 Å². The number of hydrogen-bond acceptors (Lipinski definition) is 6. The van der Waals surface area contributed by atoms with E-state index in [1.807, 2.05) is 0 Å². The predicted octanol–water partition coefficient (Wildman–Crippen LogP) is 2.13. The minimum atomic E-state index is -1.50. The van der Waals surface area contributed by atoms with E-state index in [2.05, 4.69) is 4.98 Å². The topological polar surface area (TPSA) is 109 Å². The number of carbonyl (C=O) groups is 1. The van der Waals surface area contributed by atoms with Gasteiger partial charge in [-0.1, -0.05) is 0 Å². The number of benzene rings is 1. The highest BCUT2D eigenvalue weighted by Gasteiger charge is 2.22. The third kappa shape index (κ3) is 4.26. The van der Waals surface area contributed by atoms with E-state index in [0.717, 1.165) is 5.56 Å². The Morgan fingerprint density at radius 2 is 1.96 bits per heavy atom. The van der Waals surface area contributed by atoms with Crippen LogP contribution >= 0.6 is 0 Å². The fraction of sp³-hybridized carbons (Fsp3) is 0.429. The molecule has 7 nitrogen and oxygen atoms in total. The molecule has 3 N–H and O–H groups in total. The van der Waals surface area contributed by atoms with Crippen molar-refractivity contribution in [3.8, 4) is 11.5 Å². The lowest BCUT2D eigenvalue weighted by Gasteiger charge is -2.16. The summed E-state index contributed by atoms with van der Waals surface area (Å²) in [5.41, 5.74) is 0.363. The van der Waals surface area contributed by atoms with Crippen LogP contribution in [0.3, 0.4) is 0 Å². The quantitative estimate of drug-likeness (QED) is 0.597. The number of methoxy groups -OCH3 is 2. The minimum absolute atomic E-state index is 0.0287. The van der Waals surface area contributed by atoms with Crippen LogP contribution in [0.2, 0.25) is 0 Å². The van der Waals surface area contributed by atoms with E-state index in [9.17, 15) is 14.7 Å². The molecule has 0 saturated carbocycles. The zero-order chi connectivity index (χ0) is 21.1. The van der Waals surface area contributed by atoms with Gasteiger partial charge in [0, 0.05) is 23.4 Å². The molecule has 0 aliphatic heterocycles. The Hall–Kier alpha value is -2.64. The number of aromatic amines is 1. The molecule has 152 valence electrons. The highest BCUT2D eigenvalue weighted by Crippen LogP contribution is 2.35. The maximum Gasteiger partial charge on any atom is 0.196 e. The van der Waals surface area contributed by atoms with E-state index in [-0.39, 0.29) is 12.0 Å². The number of pyridine rings is 1. The molecule has 28 heavy (non-hydrogen) atoms. The predicted molar refractivity (Wildman–Crippen MR) is 108 cm³/mol. The Kier molecular flexibility index (Phi) is 6.64. The average Bonchev–Trinajstić information content (AvgIpc) is 2.65. The molecule has 1 aromatic carbocycles. The summed E-state index contributed by atoms with van der Waals surface area (Å²) in [5, 5.41) is 19.3. The van der Waals surface area contributed by atoms with Gasteiger partial charge in [0.25, 0.3) is 0 Å². The number of aromatic nitrogens is 1. The van der Waals surface area contributed by atoms with Crippen molar-refractivity contribution in [3.05, 3.63) is 39.2 Å². The summed E-state index contributed by atoms with van der Waals surface area (Å²) in [5.74, 6) is 0.426. The summed E-state index contributed by atoms with van der Waals surface area (Å²) < 4.78 is 11.0. The Bertz CT molecular complexity index is 966. The summed E-state index contributed by atoms with van der Waals surface area (Å²) in [7, 11) is 3.00. The third-order valence-electron chi connectivity index (χ3n) is 4.58. The molecule has 0 unspecified atom stereocenters. The van der Waals surface area contributed by atoms with Crippen LogP contribution in [0, 0.1) is 6.92 Å². The van der Waals surface area contributed by atoms with E-state index >= 15 is 0 Å². The van der Waals surface area contributed by atoms with Crippen molar-refractivity contribution in [2.75, 3.05) is 20.8 Å². The highest BCUT2D eigenvalue weighted by atomic mass is 16.5. The number of hydrogen-bond donors (Lipinski definition) is 3. The van der Waals surface area contributed by atoms with Crippen molar-refractivity contribution in [3.63, 3.8) is 0 Å². The Balaban J connectivity index is 2.76. The van der Waals surface area contributed by atoms with Gasteiger partial charge >= 0.3 is 0 Å². The molecule has 1 aromatic heterocycles. The van der Waals surface area contributed by atoms with E-state index in [1.165, 1.54) is 40.2 Å². The molecule has 0 spiro atoms. The number of fused-ring (bicyclic) bond motifs is 1. The lowest BCUT2D eigenvalue weighted by molar-refractivity contribution is -0.128. The average molecular weight is 389 g/mol. The van der Waals surface area contributed by atoms with Crippen molar-refractivity contribution >= 4 is 22.8 Å². The maximum absolute atomic E-state index is 13.0. The number of rotatable bonds is 8. The van der Waals surface area contributed by atoms with Gasteiger partial charge in [-0.2, -0.15) is 0 Å². The molecule has 0 saturated heterocycles. The van der Waals surface area contributed by atoms with Crippen LogP contribution in [0.1, 0.15) is 37.1 Å². The zero-order valence-corrected chi connectivity index (χ0v) is 16.9. The fourth-order valence-electron chi connectivity index (χ4n) is 2.96. The van der Waals surface area contributed by atoms with Gasteiger partial charge in [0.1, 0.15) is 17.1 Å². The molecule has 2 rings (SSSR count). The number of carbonyl (C=O) groups excluding carboxylic acids is 1. The summed E-state index contributed by atoms with van der Waals surface area (Å²) in [6.07, 6.45) is 3.80. The molecule has 2 aromatic rings. The number of nitrogens with one attached hydrogen (secondary N) is 1. The molecule has 0 aliphatic rings. The third-order valence-corrected chi connectivity index (χ3v) is 4.58. The molecule has 0 amide bonds. The van der Waals surface area contributed by atoms with Crippen molar-refractivity contribution in [1.29, 1.82) is 0 Å². The van der Waals surface area contributed by atoms with Crippen LogP contribution in [0.4, 0.5) is 0 Å². The first-order chi connectivity index (χ1) is 13.1. The number of ether oxygens (including phenoxy) is 2. The molecule has 7 heteroatoms. The summed E-state index contributed by atoms with van der Waals surface area (Å²) in [6.45, 7) is 4.48. The highest BCUT2D eigenvalue weighted by molar-refractivity contribution is 5.99. The minimum Gasteiger partial charge on any atom is -0.496 e. The lowest BCUT2D eigenvalue weighted by atomic mass is 10.0. The van der Waals surface area contributed by atoms with Gasteiger partial charge in [-0.25, -0.2) is 0 Å². The van der Waals surface area contributed by atoms with Crippen LogP contribution in [-0.4, -0.2) is 47.4 Å². The van der Waals surface area contributed by atoms with Crippen LogP contribution in [-0.2, 0) is 11.2 Å². The van der Waals surface area contributed by atoms with Gasteiger partial charge in [0.05, 0.1) is 25.1 Å². The maximum atomic E-state index is 13.0. The SMILES string of the molecule is COc1c(CCCO)cc(OC)c2c(=O)c(C)c(C=CC(=O)C(C)(C)O)[nH]c12. The van der Waals surface area contributed by atoms with Crippen LogP contribution < -0.4 is 14.9 Å².